The summed E-state index contributed by atoms with van der Waals surface area (Å²) in [5.74, 6) is -0.209. The number of benzene rings is 3. The van der Waals surface area contributed by atoms with Gasteiger partial charge in [-0.1, -0.05) is 43.3 Å². The minimum absolute atomic E-state index is 0.0536. The summed E-state index contributed by atoms with van der Waals surface area (Å²) in [7, 11) is 0. The molecular formula is C31H33N5O4. The molecule has 6 rings (SSSR count). The second kappa shape index (κ2) is 11.6. The maximum absolute atomic E-state index is 14.2. The Labute approximate surface area is 232 Å². The van der Waals surface area contributed by atoms with Crippen LogP contribution in [-0.2, 0) is 16.1 Å². The predicted molar refractivity (Wildman–Crippen MR) is 156 cm³/mol. The van der Waals surface area contributed by atoms with Gasteiger partial charge < -0.3 is 25.7 Å². The van der Waals surface area contributed by atoms with Crippen LogP contribution in [0.2, 0.25) is 0 Å². The van der Waals surface area contributed by atoms with Crippen LogP contribution >= 0.6 is 0 Å². The van der Waals surface area contributed by atoms with Crippen molar-refractivity contribution in [2.45, 2.75) is 32.4 Å². The van der Waals surface area contributed by atoms with E-state index in [0.29, 0.717) is 29.9 Å². The van der Waals surface area contributed by atoms with Crippen molar-refractivity contribution in [1.29, 1.82) is 0 Å². The first-order valence-electron chi connectivity index (χ1n) is 13.3. The van der Waals surface area contributed by atoms with Crippen LogP contribution in [0.5, 0.6) is 0 Å². The average molecular weight is 540 g/mol. The number of pyridine rings is 1. The number of aryl methyl sites for hydroxylation is 1. The summed E-state index contributed by atoms with van der Waals surface area (Å²) in [6.07, 6.45) is 1.09. The number of aromatic nitrogens is 1. The summed E-state index contributed by atoms with van der Waals surface area (Å²) in [6.45, 7) is 5.10. The minimum atomic E-state index is -0.734. The third-order valence-corrected chi connectivity index (χ3v) is 7.21. The smallest absolute Gasteiger partial charge is 0.411 e. The van der Waals surface area contributed by atoms with Crippen LogP contribution < -0.4 is 21.9 Å². The highest BCUT2D eigenvalue weighted by molar-refractivity contribution is 5.89. The number of H-pyrrole nitrogens is 1. The summed E-state index contributed by atoms with van der Waals surface area (Å²) >= 11 is 0. The van der Waals surface area contributed by atoms with E-state index in [1.54, 1.807) is 23.2 Å². The highest BCUT2D eigenvalue weighted by atomic mass is 16.5. The molecule has 4 aromatic rings. The lowest BCUT2D eigenvalue weighted by Crippen LogP contribution is -2.40. The van der Waals surface area contributed by atoms with Crippen LogP contribution in [0.4, 0.5) is 16.2 Å². The fraction of sp³-hybridized carbons (Fsp3) is 0.258. The number of nitrogens with two attached hydrogens (primary N) is 1. The molecule has 0 spiro atoms. The molecule has 9 heteroatoms. The Kier molecular flexibility index (Phi) is 7.84. The molecule has 0 saturated heterocycles. The highest BCUT2D eigenvalue weighted by Crippen LogP contribution is 2.29. The Morgan fingerprint density at radius 2 is 1.90 bits per heavy atom. The number of hydrogen-bond acceptors (Lipinski definition) is 6. The lowest BCUT2D eigenvalue weighted by Gasteiger charge is -2.29. The van der Waals surface area contributed by atoms with Crippen molar-refractivity contribution in [3.05, 3.63) is 106 Å². The van der Waals surface area contributed by atoms with Crippen LogP contribution in [0, 0.1) is 6.92 Å². The fourth-order valence-corrected chi connectivity index (χ4v) is 5.18. The number of carbonyl (C=O) groups excluding carboxylic acids is 2. The monoisotopic (exact) mass is 539 g/mol. The van der Waals surface area contributed by atoms with Gasteiger partial charge in [0.2, 0.25) is 5.91 Å². The zero-order chi connectivity index (χ0) is 28.2. The summed E-state index contributed by atoms with van der Waals surface area (Å²) in [5, 5.41) is 7.53. The molecule has 2 aliphatic rings. The number of carbonyl (C=O) groups is 2. The second-order valence-corrected chi connectivity index (χ2v) is 10.2. The third kappa shape index (κ3) is 5.84. The van der Waals surface area contributed by atoms with Crippen molar-refractivity contribution in [3.63, 3.8) is 0 Å². The van der Waals surface area contributed by atoms with Gasteiger partial charge in [-0.3, -0.25) is 14.9 Å². The number of aromatic amines is 1. The van der Waals surface area contributed by atoms with Gasteiger partial charge >= 0.3 is 6.09 Å². The van der Waals surface area contributed by atoms with Gasteiger partial charge in [-0.05, 0) is 64.9 Å². The van der Waals surface area contributed by atoms with Crippen LogP contribution in [0.25, 0.3) is 10.8 Å². The number of nitrogens with zero attached hydrogens (tertiary/aromatic N) is 1. The molecule has 206 valence electrons. The zero-order valence-electron chi connectivity index (χ0n) is 22.6. The molecule has 3 aromatic carbocycles. The molecule has 4 bridgehead atoms. The molecule has 3 heterocycles. The Morgan fingerprint density at radius 1 is 1.05 bits per heavy atom. The van der Waals surface area contributed by atoms with Crippen molar-refractivity contribution in [2.24, 2.45) is 5.73 Å². The van der Waals surface area contributed by atoms with Gasteiger partial charge in [0.05, 0.1) is 6.61 Å². The lowest BCUT2D eigenvalue weighted by molar-refractivity contribution is -0.132. The maximum atomic E-state index is 14.2. The normalized spacial score (nSPS) is 17.9. The SMILES string of the molecule is Cc1cc2ccc1[C@@H](C)COC(=O)Nc1cccc(c1)CN(CCN)C(=O)[C@@H]2Nc1ccc2cc[nH]c(=O)c2c1. The van der Waals surface area contributed by atoms with Crippen molar-refractivity contribution in [1.82, 2.24) is 9.88 Å². The van der Waals surface area contributed by atoms with Crippen molar-refractivity contribution < 1.29 is 14.3 Å². The van der Waals surface area contributed by atoms with E-state index >= 15 is 0 Å². The summed E-state index contributed by atoms with van der Waals surface area (Å²) in [4.78, 5) is 43.6. The predicted octanol–water partition coefficient (Wildman–Crippen LogP) is 4.64. The van der Waals surface area contributed by atoms with E-state index in [9.17, 15) is 14.4 Å². The van der Waals surface area contributed by atoms with E-state index in [-0.39, 0.29) is 30.5 Å². The van der Waals surface area contributed by atoms with Crippen LogP contribution in [0.1, 0.15) is 41.1 Å². The lowest BCUT2D eigenvalue weighted by atomic mass is 9.92. The molecule has 2 aliphatic heterocycles. The Morgan fingerprint density at radius 3 is 2.70 bits per heavy atom. The van der Waals surface area contributed by atoms with Crippen molar-refractivity contribution in [3.8, 4) is 0 Å². The van der Waals surface area contributed by atoms with Gasteiger partial charge in [0.15, 0.2) is 0 Å². The van der Waals surface area contributed by atoms with E-state index in [2.05, 4.69) is 15.6 Å². The first-order valence-corrected chi connectivity index (χ1v) is 13.3. The van der Waals surface area contributed by atoms with Gasteiger partial charge in [0.25, 0.3) is 5.56 Å². The molecule has 2 amide bonds. The highest BCUT2D eigenvalue weighted by Gasteiger charge is 2.27. The maximum Gasteiger partial charge on any atom is 0.411 e. The third-order valence-electron chi connectivity index (χ3n) is 7.21. The number of anilines is 2. The number of fused-ring (bicyclic) bond motifs is 10. The second-order valence-electron chi connectivity index (χ2n) is 10.2. The number of rotatable bonds is 4. The first-order chi connectivity index (χ1) is 19.3. The molecule has 0 saturated carbocycles. The van der Waals surface area contributed by atoms with E-state index in [0.717, 1.165) is 27.6 Å². The van der Waals surface area contributed by atoms with Gasteiger partial charge in [0.1, 0.15) is 6.04 Å². The van der Waals surface area contributed by atoms with Crippen molar-refractivity contribution >= 4 is 34.1 Å². The van der Waals surface area contributed by atoms with E-state index in [1.165, 1.54) is 0 Å². The van der Waals surface area contributed by atoms with Gasteiger partial charge in [-0.25, -0.2) is 4.79 Å². The van der Waals surface area contributed by atoms with Crippen LogP contribution in [0.15, 0.2) is 77.7 Å². The average Bonchev–Trinajstić information content (AvgIpc) is 2.94. The van der Waals surface area contributed by atoms with Crippen molar-refractivity contribution in [2.75, 3.05) is 30.3 Å². The molecule has 0 radical (unpaired) electrons. The quantitative estimate of drug-likeness (QED) is 0.299. The molecule has 2 atom stereocenters. The summed E-state index contributed by atoms with van der Waals surface area (Å²) in [5.41, 5.74) is 10.6. The Hall–Kier alpha value is -4.63. The molecule has 0 fully saturated rings. The summed E-state index contributed by atoms with van der Waals surface area (Å²) < 4.78 is 5.51. The largest absolute Gasteiger partial charge is 0.449 e. The van der Waals surface area contributed by atoms with Gasteiger partial charge in [-0.2, -0.15) is 0 Å². The van der Waals surface area contributed by atoms with Crippen LogP contribution in [-0.4, -0.2) is 41.6 Å². The Bertz CT molecular complexity index is 1620. The number of amides is 2. The van der Waals surface area contributed by atoms with Crippen LogP contribution in [0.3, 0.4) is 0 Å². The molecule has 1 aromatic heterocycles. The van der Waals surface area contributed by atoms with Gasteiger partial charge in [-0.15, -0.1) is 0 Å². The standard InChI is InChI=1S/C31H33N5O4/c1-19-14-23-7-9-26(19)20(2)18-40-31(39)35-24-5-3-4-21(15-24)17-36(13-11-32)30(38)28(23)34-25-8-6-22-10-12-33-29(37)27(22)16-25/h3-10,12,14-16,20,28,34H,11,13,17-18,32H2,1-2H3,(H,33,37)(H,35,39)/t20-,28+/m0/s1. The summed E-state index contributed by atoms with van der Waals surface area (Å²) in [6, 6.07) is 19.8. The molecule has 0 aliphatic carbocycles. The topological polar surface area (TPSA) is 130 Å². The zero-order valence-corrected chi connectivity index (χ0v) is 22.6. The fourth-order valence-electron chi connectivity index (χ4n) is 5.18. The molecule has 5 N–H and O–H groups in total. The molecular weight excluding hydrogens is 506 g/mol. The number of ether oxygens (including phenoxy) is 1. The van der Waals surface area contributed by atoms with Gasteiger partial charge in [0, 0.05) is 48.5 Å². The number of nitrogens with one attached hydrogen (secondary N) is 3. The van der Waals surface area contributed by atoms with E-state index < -0.39 is 12.1 Å². The van der Waals surface area contributed by atoms with E-state index in [4.69, 9.17) is 10.5 Å². The minimum Gasteiger partial charge on any atom is -0.449 e. The number of hydrogen-bond donors (Lipinski definition) is 4. The van der Waals surface area contributed by atoms with E-state index in [1.807, 2.05) is 68.4 Å². The first kappa shape index (κ1) is 27.0. The molecule has 9 nitrogen and oxygen atoms in total. The Balaban J connectivity index is 1.59. The molecule has 40 heavy (non-hydrogen) atoms. The molecule has 0 unspecified atom stereocenters.